The van der Waals surface area contributed by atoms with Gasteiger partial charge >= 0.3 is 5.97 Å². The zero-order valence-corrected chi connectivity index (χ0v) is 17.9. The Labute approximate surface area is 178 Å². The van der Waals surface area contributed by atoms with Crippen LogP contribution in [0.2, 0.25) is 0 Å². The molecule has 5 nitrogen and oxygen atoms in total. The molecular weight excluding hydrogens is 378 g/mol. The van der Waals surface area contributed by atoms with Gasteiger partial charge in [0.15, 0.2) is 0 Å². The molecular formula is C25H29NO4. The fraction of sp³-hybridized carbons (Fsp3) is 0.360. The molecule has 0 bridgehead atoms. The summed E-state index contributed by atoms with van der Waals surface area (Å²) in [6, 6.07) is 13.6. The van der Waals surface area contributed by atoms with E-state index in [2.05, 4.69) is 5.16 Å². The number of nitrogens with zero attached hydrogens (tertiary/aromatic N) is 1. The molecule has 3 rings (SSSR count). The molecule has 2 aromatic rings. The van der Waals surface area contributed by atoms with E-state index in [4.69, 9.17) is 14.3 Å². The Morgan fingerprint density at radius 1 is 1.17 bits per heavy atom. The number of methoxy groups -OCH3 is 1. The van der Waals surface area contributed by atoms with E-state index in [0.717, 1.165) is 40.8 Å². The van der Waals surface area contributed by atoms with Crippen LogP contribution in [0, 0.1) is 6.92 Å². The van der Waals surface area contributed by atoms with E-state index in [1.165, 1.54) is 20.0 Å². The zero-order valence-electron chi connectivity index (χ0n) is 17.9. The second-order valence-electron chi connectivity index (χ2n) is 7.41. The summed E-state index contributed by atoms with van der Waals surface area (Å²) in [7, 11) is 1.39. The molecule has 30 heavy (non-hydrogen) atoms. The van der Waals surface area contributed by atoms with Crippen LogP contribution in [-0.2, 0) is 21.0 Å². The second-order valence-corrected chi connectivity index (χ2v) is 7.41. The van der Waals surface area contributed by atoms with E-state index < -0.39 is 0 Å². The minimum atomic E-state index is -0.357. The molecule has 2 aromatic carbocycles. The minimum Gasteiger partial charge on any atom is -0.489 e. The first-order chi connectivity index (χ1) is 14.6. The van der Waals surface area contributed by atoms with Crippen molar-refractivity contribution < 1.29 is 19.1 Å². The standard InChI is InChI=1S/C25H29NO4/c1-4-22(25(27)28-3)23-12-8-5-9-20(23)17-29-24-14-13-19(15-18(24)2)16-26-30-21-10-6-7-11-21/h4-5,8-9,12-16,21H,6-7,10-11,17H2,1-3H3. The highest BCUT2D eigenvalue weighted by molar-refractivity contribution is 6.16. The Kier molecular flexibility index (Phi) is 7.66. The van der Waals surface area contributed by atoms with Crippen molar-refractivity contribution in [3.05, 3.63) is 70.8 Å². The van der Waals surface area contributed by atoms with Gasteiger partial charge in [-0.05, 0) is 80.0 Å². The highest BCUT2D eigenvalue weighted by Crippen LogP contribution is 2.25. The van der Waals surface area contributed by atoms with Gasteiger partial charge in [-0.3, -0.25) is 0 Å². The normalized spacial score (nSPS) is 14.8. The number of rotatable bonds is 8. The van der Waals surface area contributed by atoms with Crippen LogP contribution in [0.5, 0.6) is 5.75 Å². The molecule has 158 valence electrons. The number of ether oxygens (including phenoxy) is 2. The van der Waals surface area contributed by atoms with Crippen molar-refractivity contribution in [2.24, 2.45) is 5.16 Å². The van der Waals surface area contributed by atoms with Gasteiger partial charge in [0, 0.05) is 0 Å². The van der Waals surface area contributed by atoms with Gasteiger partial charge in [0.25, 0.3) is 0 Å². The third-order valence-electron chi connectivity index (χ3n) is 5.30. The van der Waals surface area contributed by atoms with E-state index in [1.807, 2.05) is 56.3 Å². The molecule has 0 aromatic heterocycles. The third kappa shape index (κ3) is 5.50. The minimum absolute atomic E-state index is 0.261. The monoisotopic (exact) mass is 407 g/mol. The summed E-state index contributed by atoms with van der Waals surface area (Å²) >= 11 is 0. The lowest BCUT2D eigenvalue weighted by molar-refractivity contribution is -0.133. The smallest absolute Gasteiger partial charge is 0.338 e. The first kappa shape index (κ1) is 21.6. The third-order valence-corrected chi connectivity index (χ3v) is 5.30. The van der Waals surface area contributed by atoms with Gasteiger partial charge in [0.1, 0.15) is 18.5 Å². The fourth-order valence-electron chi connectivity index (χ4n) is 3.64. The van der Waals surface area contributed by atoms with Crippen molar-refractivity contribution in [1.82, 2.24) is 0 Å². The molecule has 5 heteroatoms. The van der Waals surface area contributed by atoms with E-state index in [9.17, 15) is 4.79 Å². The summed E-state index contributed by atoms with van der Waals surface area (Å²) in [4.78, 5) is 17.6. The van der Waals surface area contributed by atoms with Gasteiger partial charge < -0.3 is 14.3 Å². The summed E-state index contributed by atoms with van der Waals surface area (Å²) < 4.78 is 11.0. The van der Waals surface area contributed by atoms with E-state index in [-0.39, 0.29) is 12.1 Å². The first-order valence-electron chi connectivity index (χ1n) is 10.4. The van der Waals surface area contributed by atoms with Gasteiger partial charge in [-0.15, -0.1) is 0 Å². The Balaban J connectivity index is 1.66. The fourth-order valence-corrected chi connectivity index (χ4v) is 3.64. The lowest BCUT2D eigenvalue weighted by Gasteiger charge is -2.14. The summed E-state index contributed by atoms with van der Waals surface area (Å²) in [6.07, 6.45) is 8.41. The first-order valence-corrected chi connectivity index (χ1v) is 10.4. The molecule has 0 saturated heterocycles. The van der Waals surface area contributed by atoms with Crippen molar-refractivity contribution in [3.8, 4) is 5.75 Å². The van der Waals surface area contributed by atoms with Gasteiger partial charge in [0.05, 0.1) is 18.9 Å². The molecule has 0 spiro atoms. The largest absolute Gasteiger partial charge is 0.489 e. The molecule has 0 atom stereocenters. The van der Waals surface area contributed by atoms with Crippen molar-refractivity contribution >= 4 is 17.8 Å². The van der Waals surface area contributed by atoms with Crippen LogP contribution in [-0.4, -0.2) is 25.4 Å². The molecule has 1 fully saturated rings. The Bertz CT molecular complexity index is 926. The lowest BCUT2D eigenvalue weighted by Crippen LogP contribution is -2.08. The average Bonchev–Trinajstić information content (AvgIpc) is 3.28. The Morgan fingerprint density at radius 3 is 2.63 bits per heavy atom. The van der Waals surface area contributed by atoms with Crippen LogP contribution < -0.4 is 4.74 Å². The molecule has 0 unspecified atom stereocenters. The number of carbonyl (C=O) groups excluding carboxylic acids is 1. The molecule has 1 aliphatic carbocycles. The summed E-state index contributed by atoms with van der Waals surface area (Å²) in [5, 5.41) is 4.14. The predicted octanol–water partition coefficient (Wildman–Crippen LogP) is 5.44. The lowest BCUT2D eigenvalue weighted by atomic mass is 10.00. The van der Waals surface area contributed by atoms with Gasteiger partial charge in [-0.25, -0.2) is 4.79 Å². The maximum atomic E-state index is 12.1. The topological polar surface area (TPSA) is 57.1 Å². The number of benzene rings is 2. The maximum Gasteiger partial charge on any atom is 0.338 e. The van der Waals surface area contributed by atoms with Crippen molar-refractivity contribution in [2.45, 2.75) is 52.2 Å². The van der Waals surface area contributed by atoms with E-state index in [0.29, 0.717) is 12.2 Å². The molecule has 0 N–H and O–H groups in total. The summed E-state index contributed by atoms with van der Waals surface area (Å²) in [6.45, 7) is 4.18. The molecule has 0 aliphatic heterocycles. The predicted molar refractivity (Wildman–Crippen MR) is 119 cm³/mol. The van der Waals surface area contributed by atoms with Gasteiger partial charge in [-0.2, -0.15) is 0 Å². The molecule has 0 amide bonds. The number of hydrogen-bond acceptors (Lipinski definition) is 5. The van der Waals surface area contributed by atoms with E-state index in [1.54, 1.807) is 12.3 Å². The maximum absolute atomic E-state index is 12.1. The zero-order chi connectivity index (χ0) is 21.3. The van der Waals surface area contributed by atoms with Crippen LogP contribution in [0.3, 0.4) is 0 Å². The van der Waals surface area contributed by atoms with Crippen LogP contribution in [0.15, 0.2) is 53.7 Å². The van der Waals surface area contributed by atoms with Crippen LogP contribution in [0.25, 0.3) is 5.57 Å². The van der Waals surface area contributed by atoms with Crippen molar-refractivity contribution in [3.63, 3.8) is 0 Å². The van der Waals surface area contributed by atoms with Crippen LogP contribution in [0.4, 0.5) is 0 Å². The Morgan fingerprint density at radius 2 is 1.93 bits per heavy atom. The highest BCUT2D eigenvalue weighted by atomic mass is 16.6. The molecule has 0 radical (unpaired) electrons. The quantitative estimate of drug-likeness (QED) is 0.253. The Hall–Kier alpha value is -3.08. The summed E-state index contributed by atoms with van der Waals surface area (Å²) in [5.74, 6) is 0.434. The molecule has 1 aliphatic rings. The number of hydrogen-bond donors (Lipinski definition) is 0. The number of esters is 1. The van der Waals surface area contributed by atoms with E-state index >= 15 is 0 Å². The number of allylic oxidation sites excluding steroid dienone is 1. The number of aryl methyl sites for hydroxylation is 1. The average molecular weight is 408 g/mol. The SMILES string of the molecule is CC=C(C(=O)OC)c1ccccc1COc1ccc(C=NOC2CCCC2)cc1C. The van der Waals surface area contributed by atoms with Crippen LogP contribution in [0.1, 0.15) is 54.9 Å². The van der Waals surface area contributed by atoms with Gasteiger partial charge in [-0.1, -0.05) is 35.5 Å². The molecule has 0 heterocycles. The van der Waals surface area contributed by atoms with Crippen molar-refractivity contribution in [1.29, 1.82) is 0 Å². The summed E-state index contributed by atoms with van der Waals surface area (Å²) in [5.41, 5.74) is 4.25. The van der Waals surface area contributed by atoms with Crippen molar-refractivity contribution in [2.75, 3.05) is 7.11 Å². The number of carbonyl (C=O) groups is 1. The second kappa shape index (κ2) is 10.6. The number of oxime groups is 1. The highest BCUT2D eigenvalue weighted by Gasteiger charge is 2.16. The molecule has 1 saturated carbocycles. The van der Waals surface area contributed by atoms with Crippen LogP contribution >= 0.6 is 0 Å². The van der Waals surface area contributed by atoms with Gasteiger partial charge in [0.2, 0.25) is 0 Å².